The van der Waals surface area contributed by atoms with Crippen LogP contribution in [0.5, 0.6) is 0 Å². The minimum absolute atomic E-state index is 0.111. The molecule has 6 nitrogen and oxygen atoms in total. The number of nitrogens with zero attached hydrogens (tertiary/aromatic N) is 2. The van der Waals surface area contributed by atoms with Crippen LogP contribution in [0.3, 0.4) is 0 Å². The lowest BCUT2D eigenvalue weighted by Gasteiger charge is -2.23. The minimum atomic E-state index is -0.863. The Labute approximate surface area is 122 Å². The number of carbonyl (C=O) groups is 1. The summed E-state index contributed by atoms with van der Waals surface area (Å²) in [4.78, 5) is 15.9. The summed E-state index contributed by atoms with van der Waals surface area (Å²) in [6, 6.07) is 0. The second-order valence-electron chi connectivity index (χ2n) is 5.74. The second-order valence-corrected chi connectivity index (χ2v) is 5.74. The first-order chi connectivity index (χ1) is 10.1. The maximum Gasteiger partial charge on any atom is 0.335 e. The monoisotopic (exact) mass is 289 g/mol. The SMILES string of the molecule is COCc1nc(C2C=C(C(=O)O)C(C3CC3)=CC2C)n[nH]1. The molecular weight excluding hydrogens is 270 g/mol. The first-order valence-electron chi connectivity index (χ1n) is 7.17. The maximum atomic E-state index is 11.5. The fraction of sp³-hybridized carbons (Fsp3) is 0.533. The van der Waals surface area contributed by atoms with E-state index in [-0.39, 0.29) is 11.8 Å². The Hall–Kier alpha value is -1.95. The van der Waals surface area contributed by atoms with Crippen molar-refractivity contribution < 1.29 is 14.6 Å². The van der Waals surface area contributed by atoms with Crippen molar-refractivity contribution in [2.24, 2.45) is 11.8 Å². The van der Waals surface area contributed by atoms with Crippen molar-refractivity contribution in [2.45, 2.75) is 32.3 Å². The zero-order chi connectivity index (χ0) is 15.0. The van der Waals surface area contributed by atoms with Crippen LogP contribution in [0.4, 0.5) is 0 Å². The molecule has 0 aliphatic heterocycles. The molecule has 3 rings (SSSR count). The van der Waals surface area contributed by atoms with E-state index in [9.17, 15) is 9.90 Å². The molecule has 1 aromatic heterocycles. The van der Waals surface area contributed by atoms with Crippen LogP contribution in [0.25, 0.3) is 0 Å². The Balaban J connectivity index is 1.90. The van der Waals surface area contributed by atoms with E-state index >= 15 is 0 Å². The summed E-state index contributed by atoms with van der Waals surface area (Å²) in [5.41, 5.74) is 1.40. The van der Waals surface area contributed by atoms with Gasteiger partial charge in [-0.05, 0) is 30.3 Å². The Bertz CT molecular complexity index is 613. The zero-order valence-electron chi connectivity index (χ0n) is 12.2. The average Bonchev–Trinajstić information content (AvgIpc) is 3.19. The molecule has 112 valence electrons. The van der Waals surface area contributed by atoms with Gasteiger partial charge in [0.25, 0.3) is 0 Å². The Morgan fingerprint density at radius 2 is 2.24 bits per heavy atom. The summed E-state index contributed by atoms with van der Waals surface area (Å²) in [5, 5.41) is 16.5. The van der Waals surface area contributed by atoms with Gasteiger partial charge in [0.1, 0.15) is 6.61 Å². The zero-order valence-corrected chi connectivity index (χ0v) is 12.2. The van der Waals surface area contributed by atoms with Gasteiger partial charge in [0.15, 0.2) is 11.6 Å². The molecule has 21 heavy (non-hydrogen) atoms. The van der Waals surface area contributed by atoms with Crippen LogP contribution < -0.4 is 0 Å². The van der Waals surface area contributed by atoms with E-state index in [2.05, 4.69) is 28.2 Å². The number of carboxylic acid groups (broad SMARTS) is 1. The number of nitrogens with one attached hydrogen (secondary N) is 1. The van der Waals surface area contributed by atoms with Crippen LogP contribution in [0.2, 0.25) is 0 Å². The van der Waals surface area contributed by atoms with Crippen LogP contribution in [0, 0.1) is 11.8 Å². The molecule has 0 spiro atoms. The summed E-state index contributed by atoms with van der Waals surface area (Å²) < 4.78 is 5.02. The number of methoxy groups -OCH3 is 1. The fourth-order valence-corrected chi connectivity index (χ4v) is 2.82. The standard InChI is InChI=1S/C15H19N3O3/c1-8-5-11(9-3-4-9)12(15(19)20)6-10(8)14-16-13(7-21-2)17-18-14/h5-6,8-10H,3-4,7H2,1-2H3,(H,19,20)(H,16,17,18). The maximum absolute atomic E-state index is 11.5. The van der Waals surface area contributed by atoms with Crippen molar-refractivity contribution in [3.63, 3.8) is 0 Å². The smallest absolute Gasteiger partial charge is 0.335 e. The number of hydrogen-bond acceptors (Lipinski definition) is 4. The molecule has 0 aromatic carbocycles. The molecule has 0 radical (unpaired) electrons. The first kappa shape index (κ1) is 14.0. The van der Waals surface area contributed by atoms with E-state index in [1.54, 1.807) is 13.2 Å². The first-order valence-corrected chi connectivity index (χ1v) is 7.17. The number of aromatic nitrogens is 3. The van der Waals surface area contributed by atoms with Crippen molar-refractivity contribution in [2.75, 3.05) is 7.11 Å². The van der Waals surface area contributed by atoms with Gasteiger partial charge in [-0.3, -0.25) is 5.10 Å². The highest BCUT2D eigenvalue weighted by molar-refractivity contribution is 5.92. The summed E-state index contributed by atoms with van der Waals surface area (Å²) in [6.45, 7) is 2.45. The number of allylic oxidation sites excluding steroid dienone is 2. The Morgan fingerprint density at radius 3 is 2.86 bits per heavy atom. The molecule has 2 aliphatic rings. The number of aliphatic carboxylic acids is 1. The second kappa shape index (κ2) is 5.44. The van der Waals surface area contributed by atoms with Crippen LogP contribution in [0.15, 0.2) is 23.3 Å². The van der Waals surface area contributed by atoms with Crippen LogP contribution in [-0.4, -0.2) is 33.4 Å². The third-order valence-corrected chi connectivity index (χ3v) is 4.04. The third kappa shape index (κ3) is 2.76. The van der Waals surface area contributed by atoms with Crippen molar-refractivity contribution in [3.8, 4) is 0 Å². The van der Waals surface area contributed by atoms with Crippen molar-refractivity contribution in [1.29, 1.82) is 0 Å². The predicted octanol–water partition coefficient (Wildman–Crippen LogP) is 2.03. The molecule has 6 heteroatoms. The molecule has 1 aromatic rings. The van der Waals surface area contributed by atoms with Gasteiger partial charge >= 0.3 is 5.97 Å². The number of rotatable bonds is 5. The fourth-order valence-electron chi connectivity index (χ4n) is 2.82. The van der Waals surface area contributed by atoms with Crippen molar-refractivity contribution in [3.05, 3.63) is 34.9 Å². The van der Waals surface area contributed by atoms with E-state index in [1.165, 1.54) is 0 Å². The lowest BCUT2D eigenvalue weighted by atomic mass is 9.81. The summed E-state index contributed by atoms with van der Waals surface area (Å²) in [6.07, 6.45) is 6.07. The van der Waals surface area contributed by atoms with E-state index in [1.807, 2.05) is 0 Å². The van der Waals surface area contributed by atoms with E-state index in [4.69, 9.17) is 4.74 Å². The highest BCUT2D eigenvalue weighted by atomic mass is 16.5. The number of hydrogen-bond donors (Lipinski definition) is 2. The predicted molar refractivity (Wildman–Crippen MR) is 75.5 cm³/mol. The highest BCUT2D eigenvalue weighted by Gasteiger charge is 2.36. The minimum Gasteiger partial charge on any atom is -0.478 e. The molecule has 2 atom stereocenters. The molecule has 2 unspecified atom stereocenters. The summed E-state index contributed by atoms with van der Waals surface area (Å²) in [5.74, 6) is 0.918. The highest BCUT2D eigenvalue weighted by Crippen LogP contribution is 2.45. The van der Waals surface area contributed by atoms with Gasteiger partial charge in [0.2, 0.25) is 0 Å². The topological polar surface area (TPSA) is 88.1 Å². The summed E-state index contributed by atoms with van der Waals surface area (Å²) in [7, 11) is 1.60. The average molecular weight is 289 g/mol. The molecule has 2 aliphatic carbocycles. The number of ether oxygens (including phenoxy) is 1. The molecule has 1 heterocycles. The molecular formula is C15H19N3O3. The van der Waals surface area contributed by atoms with Crippen LogP contribution in [-0.2, 0) is 16.1 Å². The van der Waals surface area contributed by atoms with E-state index < -0.39 is 5.97 Å². The third-order valence-electron chi connectivity index (χ3n) is 4.04. The van der Waals surface area contributed by atoms with Crippen LogP contribution in [0.1, 0.15) is 37.3 Å². The lowest BCUT2D eigenvalue weighted by molar-refractivity contribution is -0.132. The summed E-state index contributed by atoms with van der Waals surface area (Å²) >= 11 is 0. The van der Waals surface area contributed by atoms with Gasteiger partial charge in [0, 0.05) is 13.0 Å². The van der Waals surface area contributed by atoms with Crippen molar-refractivity contribution >= 4 is 5.97 Å². The quantitative estimate of drug-likeness (QED) is 0.866. The molecule has 1 saturated carbocycles. The normalized spacial score (nSPS) is 25.4. The van der Waals surface area contributed by atoms with Gasteiger partial charge in [-0.1, -0.05) is 19.1 Å². The molecule has 0 saturated heterocycles. The molecule has 1 fully saturated rings. The van der Waals surface area contributed by atoms with Gasteiger partial charge in [-0.15, -0.1) is 0 Å². The van der Waals surface area contributed by atoms with Gasteiger partial charge in [-0.25, -0.2) is 9.78 Å². The van der Waals surface area contributed by atoms with Gasteiger partial charge in [0.05, 0.1) is 5.57 Å². The van der Waals surface area contributed by atoms with Crippen LogP contribution >= 0.6 is 0 Å². The molecule has 2 N–H and O–H groups in total. The number of aromatic amines is 1. The molecule has 0 bridgehead atoms. The van der Waals surface area contributed by atoms with E-state index in [0.29, 0.717) is 29.7 Å². The lowest BCUT2D eigenvalue weighted by Crippen LogP contribution is -2.18. The van der Waals surface area contributed by atoms with Gasteiger partial charge < -0.3 is 9.84 Å². The van der Waals surface area contributed by atoms with Crippen molar-refractivity contribution in [1.82, 2.24) is 15.2 Å². The Morgan fingerprint density at radius 1 is 1.48 bits per heavy atom. The molecule has 0 amide bonds. The largest absolute Gasteiger partial charge is 0.478 e. The number of carboxylic acids is 1. The Kier molecular flexibility index (Phi) is 3.63. The van der Waals surface area contributed by atoms with Gasteiger partial charge in [-0.2, -0.15) is 5.10 Å². The number of H-pyrrole nitrogens is 1. The van der Waals surface area contributed by atoms with E-state index in [0.717, 1.165) is 18.4 Å².